The number of nitrogens with one attached hydrogen (secondary N) is 1. The second-order valence-electron chi connectivity index (χ2n) is 6.38. The average molecular weight is 350 g/mol. The van der Waals surface area contributed by atoms with Crippen LogP contribution in [0.1, 0.15) is 45.6 Å². The highest BCUT2D eigenvalue weighted by Gasteiger charge is 2.52. The summed E-state index contributed by atoms with van der Waals surface area (Å²) in [5, 5.41) is 2.70. The Bertz CT molecular complexity index is 660. The Kier molecular flexibility index (Phi) is 5.77. The van der Waals surface area contributed by atoms with Gasteiger partial charge in [0.15, 0.2) is 0 Å². The lowest BCUT2D eigenvalue weighted by molar-refractivity contribution is -0.151. The van der Waals surface area contributed by atoms with Crippen molar-refractivity contribution in [1.29, 1.82) is 0 Å². The molecule has 3 amide bonds. The largest absolute Gasteiger partial charge is 0.462 e. The molecule has 1 unspecified atom stereocenters. The van der Waals surface area contributed by atoms with Crippen LogP contribution in [0.3, 0.4) is 0 Å². The molecule has 1 fully saturated rings. The van der Waals surface area contributed by atoms with Crippen molar-refractivity contribution in [3.05, 3.63) is 35.6 Å². The van der Waals surface area contributed by atoms with Gasteiger partial charge in [-0.2, -0.15) is 0 Å². The summed E-state index contributed by atoms with van der Waals surface area (Å²) in [5.74, 6) is -1.59. The van der Waals surface area contributed by atoms with E-state index in [9.17, 15) is 18.8 Å². The number of rotatable bonds is 7. The van der Waals surface area contributed by atoms with E-state index in [1.807, 2.05) is 6.92 Å². The summed E-state index contributed by atoms with van der Waals surface area (Å²) >= 11 is 0. The summed E-state index contributed by atoms with van der Waals surface area (Å²) < 4.78 is 18.3. The minimum atomic E-state index is -1.28. The van der Waals surface area contributed by atoms with Crippen molar-refractivity contribution >= 4 is 17.9 Å². The predicted octanol–water partition coefficient (Wildman–Crippen LogP) is 2.71. The number of hydrogen-bond donors (Lipinski definition) is 1. The Labute approximate surface area is 146 Å². The van der Waals surface area contributed by atoms with Crippen LogP contribution >= 0.6 is 0 Å². The van der Waals surface area contributed by atoms with Crippen LogP contribution in [0.5, 0.6) is 0 Å². The first kappa shape index (κ1) is 18.9. The zero-order chi connectivity index (χ0) is 18.6. The number of esters is 1. The topological polar surface area (TPSA) is 75.7 Å². The molecule has 6 nitrogen and oxygen atoms in total. The Morgan fingerprint density at radius 3 is 2.48 bits per heavy atom. The van der Waals surface area contributed by atoms with Gasteiger partial charge in [0.05, 0.1) is 6.10 Å². The SMILES string of the molecule is CCCCC1(c2ccc(F)cc2)NC(=O)N(CC(=O)OC(C)C)C1=O. The Balaban J connectivity index is 2.31. The van der Waals surface area contributed by atoms with E-state index >= 15 is 0 Å². The number of hydrogen-bond acceptors (Lipinski definition) is 4. The molecule has 136 valence electrons. The van der Waals surface area contributed by atoms with Gasteiger partial charge < -0.3 is 10.1 Å². The fourth-order valence-electron chi connectivity index (χ4n) is 2.88. The first-order chi connectivity index (χ1) is 11.8. The molecule has 2 rings (SSSR count). The van der Waals surface area contributed by atoms with Crippen LogP contribution in [-0.2, 0) is 19.9 Å². The minimum absolute atomic E-state index is 0.338. The van der Waals surface area contributed by atoms with Gasteiger partial charge in [-0.3, -0.25) is 14.5 Å². The number of imide groups is 1. The quantitative estimate of drug-likeness (QED) is 0.606. The lowest BCUT2D eigenvalue weighted by Crippen LogP contribution is -2.44. The van der Waals surface area contributed by atoms with Gasteiger partial charge in [-0.1, -0.05) is 31.9 Å². The van der Waals surface area contributed by atoms with E-state index in [1.165, 1.54) is 24.3 Å². The molecule has 1 N–H and O–H groups in total. The highest BCUT2D eigenvalue weighted by Crippen LogP contribution is 2.34. The summed E-state index contributed by atoms with van der Waals surface area (Å²) in [7, 11) is 0. The van der Waals surface area contributed by atoms with E-state index in [0.717, 1.165) is 11.3 Å². The van der Waals surface area contributed by atoms with Gasteiger partial charge in [0, 0.05) is 0 Å². The average Bonchev–Trinajstić information content (AvgIpc) is 2.78. The second kappa shape index (κ2) is 7.63. The summed E-state index contributed by atoms with van der Waals surface area (Å²) in [6.07, 6.45) is 1.54. The van der Waals surface area contributed by atoms with Crippen molar-refractivity contribution in [1.82, 2.24) is 10.2 Å². The number of halogens is 1. The maximum atomic E-state index is 13.3. The third-order valence-corrected chi connectivity index (χ3v) is 4.07. The molecule has 1 atom stereocenters. The number of carbonyl (C=O) groups is 3. The van der Waals surface area contributed by atoms with E-state index < -0.39 is 35.8 Å². The summed E-state index contributed by atoms with van der Waals surface area (Å²) in [5.41, 5.74) is -0.778. The number of unbranched alkanes of at least 4 members (excludes halogenated alkanes) is 1. The maximum absolute atomic E-state index is 13.3. The zero-order valence-electron chi connectivity index (χ0n) is 14.7. The standard InChI is InChI=1S/C18H23FN2O4/c1-4-5-10-18(13-6-8-14(19)9-7-13)16(23)21(17(24)20-18)11-15(22)25-12(2)3/h6-9,12H,4-5,10-11H2,1-3H3,(H,20,24). The van der Waals surface area contributed by atoms with Crippen LogP contribution < -0.4 is 5.32 Å². The van der Waals surface area contributed by atoms with Crippen LogP contribution in [-0.4, -0.2) is 35.5 Å². The molecule has 0 spiro atoms. The van der Waals surface area contributed by atoms with E-state index in [2.05, 4.69) is 5.32 Å². The third kappa shape index (κ3) is 3.97. The Morgan fingerprint density at radius 2 is 1.92 bits per heavy atom. The van der Waals surface area contributed by atoms with Crippen molar-refractivity contribution in [2.75, 3.05) is 6.54 Å². The van der Waals surface area contributed by atoms with Crippen LogP contribution in [0.15, 0.2) is 24.3 Å². The zero-order valence-corrected chi connectivity index (χ0v) is 14.7. The lowest BCUT2D eigenvalue weighted by Gasteiger charge is -2.27. The summed E-state index contributed by atoms with van der Waals surface area (Å²) in [4.78, 5) is 38.1. The molecular weight excluding hydrogens is 327 g/mol. The smallest absolute Gasteiger partial charge is 0.326 e. The van der Waals surface area contributed by atoms with E-state index in [1.54, 1.807) is 13.8 Å². The number of nitrogens with zero attached hydrogens (tertiary/aromatic N) is 1. The van der Waals surface area contributed by atoms with Gasteiger partial charge in [-0.15, -0.1) is 0 Å². The van der Waals surface area contributed by atoms with Gasteiger partial charge in [0.1, 0.15) is 17.9 Å². The number of carbonyl (C=O) groups excluding carboxylic acids is 3. The molecule has 1 aromatic carbocycles. The maximum Gasteiger partial charge on any atom is 0.326 e. The highest BCUT2D eigenvalue weighted by molar-refractivity contribution is 6.09. The van der Waals surface area contributed by atoms with Crippen molar-refractivity contribution in [3.8, 4) is 0 Å². The molecule has 1 aliphatic heterocycles. The number of ether oxygens (including phenoxy) is 1. The van der Waals surface area contributed by atoms with Gasteiger partial charge in [-0.25, -0.2) is 9.18 Å². The van der Waals surface area contributed by atoms with Crippen molar-refractivity contribution in [3.63, 3.8) is 0 Å². The molecule has 1 heterocycles. The fourth-order valence-corrected chi connectivity index (χ4v) is 2.88. The second-order valence-corrected chi connectivity index (χ2v) is 6.38. The lowest BCUT2D eigenvalue weighted by atomic mass is 9.85. The Morgan fingerprint density at radius 1 is 1.28 bits per heavy atom. The fraction of sp³-hybridized carbons (Fsp3) is 0.500. The monoisotopic (exact) mass is 350 g/mol. The molecule has 0 aliphatic carbocycles. The minimum Gasteiger partial charge on any atom is -0.462 e. The van der Waals surface area contributed by atoms with Crippen LogP contribution in [0.25, 0.3) is 0 Å². The molecule has 0 radical (unpaired) electrons. The molecule has 7 heteroatoms. The summed E-state index contributed by atoms with van der Waals surface area (Å²) in [6, 6.07) is 4.82. The van der Waals surface area contributed by atoms with E-state index in [4.69, 9.17) is 4.74 Å². The van der Waals surface area contributed by atoms with E-state index in [-0.39, 0.29) is 6.10 Å². The molecular formula is C18H23FN2O4. The van der Waals surface area contributed by atoms with Gasteiger partial charge >= 0.3 is 12.0 Å². The first-order valence-corrected chi connectivity index (χ1v) is 8.39. The van der Waals surface area contributed by atoms with Crippen molar-refractivity contribution < 1.29 is 23.5 Å². The van der Waals surface area contributed by atoms with Gasteiger partial charge in [0.2, 0.25) is 0 Å². The van der Waals surface area contributed by atoms with Crippen LogP contribution in [0.2, 0.25) is 0 Å². The molecule has 0 bridgehead atoms. The first-order valence-electron chi connectivity index (χ1n) is 8.39. The van der Waals surface area contributed by atoms with Gasteiger partial charge in [0.25, 0.3) is 5.91 Å². The molecule has 25 heavy (non-hydrogen) atoms. The van der Waals surface area contributed by atoms with Gasteiger partial charge in [-0.05, 0) is 38.0 Å². The number of amides is 3. The molecule has 1 saturated heterocycles. The highest BCUT2D eigenvalue weighted by atomic mass is 19.1. The van der Waals surface area contributed by atoms with Crippen LogP contribution in [0.4, 0.5) is 9.18 Å². The number of benzene rings is 1. The molecule has 0 aromatic heterocycles. The van der Waals surface area contributed by atoms with Crippen LogP contribution in [0, 0.1) is 5.82 Å². The molecule has 1 aromatic rings. The van der Waals surface area contributed by atoms with E-state index in [0.29, 0.717) is 18.4 Å². The summed E-state index contributed by atoms with van der Waals surface area (Å²) in [6.45, 7) is 4.90. The third-order valence-electron chi connectivity index (χ3n) is 4.07. The molecule has 0 saturated carbocycles. The van der Waals surface area contributed by atoms with Crippen molar-refractivity contribution in [2.45, 2.75) is 51.7 Å². The van der Waals surface area contributed by atoms with Crippen molar-refractivity contribution in [2.24, 2.45) is 0 Å². The Hall–Kier alpha value is -2.44. The predicted molar refractivity (Wildman–Crippen MR) is 89.1 cm³/mol. The molecule has 1 aliphatic rings. The number of urea groups is 1. The normalized spacial score (nSPS) is 20.1.